The molecule has 0 heterocycles. The molecule has 0 aromatic heterocycles. The summed E-state index contributed by atoms with van der Waals surface area (Å²) < 4.78 is 17.0. The first kappa shape index (κ1) is 23.4. The Morgan fingerprint density at radius 3 is 1.96 bits per heavy atom. The molecular weight excluding hydrogens is 348 g/mol. The van der Waals surface area contributed by atoms with E-state index in [-0.39, 0.29) is 11.3 Å². The molecule has 1 aromatic carbocycles. The summed E-state index contributed by atoms with van der Waals surface area (Å²) in [6, 6.07) is 8.56. The SMILES string of the molecule is CCCCCCCC(CCc1ccc(C(C)Cl)cc1)C(OC)(OC)OC. The molecule has 0 aliphatic heterocycles. The predicted molar refractivity (Wildman–Crippen MR) is 110 cm³/mol. The highest BCUT2D eigenvalue weighted by Crippen LogP contribution is 2.32. The molecule has 1 rings (SSSR count). The molecule has 0 amide bonds. The molecule has 0 saturated heterocycles. The summed E-state index contributed by atoms with van der Waals surface area (Å²) in [6.45, 7) is 4.24. The van der Waals surface area contributed by atoms with Gasteiger partial charge in [0.15, 0.2) is 0 Å². The van der Waals surface area contributed by atoms with Crippen LogP contribution in [-0.4, -0.2) is 27.3 Å². The minimum absolute atomic E-state index is 0.0445. The Labute approximate surface area is 165 Å². The fourth-order valence-electron chi connectivity index (χ4n) is 3.53. The minimum Gasteiger partial charge on any atom is -0.331 e. The molecular formula is C22H37ClO3. The van der Waals surface area contributed by atoms with E-state index in [1.807, 2.05) is 6.92 Å². The van der Waals surface area contributed by atoms with E-state index in [1.54, 1.807) is 21.3 Å². The van der Waals surface area contributed by atoms with Gasteiger partial charge in [0.1, 0.15) is 0 Å². The zero-order valence-corrected chi connectivity index (χ0v) is 18.0. The van der Waals surface area contributed by atoms with Crippen LogP contribution in [-0.2, 0) is 20.6 Å². The highest BCUT2D eigenvalue weighted by atomic mass is 35.5. The maximum absolute atomic E-state index is 6.14. The van der Waals surface area contributed by atoms with Crippen LogP contribution in [0.2, 0.25) is 0 Å². The van der Waals surface area contributed by atoms with E-state index in [4.69, 9.17) is 25.8 Å². The van der Waals surface area contributed by atoms with E-state index >= 15 is 0 Å². The molecule has 0 fully saturated rings. The van der Waals surface area contributed by atoms with Crippen molar-refractivity contribution in [2.75, 3.05) is 21.3 Å². The van der Waals surface area contributed by atoms with E-state index in [1.165, 1.54) is 37.7 Å². The second-order valence-electron chi connectivity index (χ2n) is 7.01. The van der Waals surface area contributed by atoms with Crippen LogP contribution in [0, 0.1) is 5.92 Å². The van der Waals surface area contributed by atoms with Gasteiger partial charge in [-0.1, -0.05) is 63.3 Å². The summed E-state index contributed by atoms with van der Waals surface area (Å²) in [6.07, 6.45) is 9.24. The molecule has 0 saturated carbocycles. The number of alkyl halides is 1. The van der Waals surface area contributed by atoms with Crippen molar-refractivity contribution in [1.82, 2.24) is 0 Å². The molecule has 26 heavy (non-hydrogen) atoms. The van der Waals surface area contributed by atoms with Crippen LogP contribution in [0.3, 0.4) is 0 Å². The standard InChI is InChI=1S/C22H37ClO3/c1-6-7-8-9-10-11-21(22(24-3,25-4)26-5)17-14-19-12-15-20(16-13-19)18(2)23/h12-13,15-16,18,21H,6-11,14,17H2,1-5H3. The summed E-state index contributed by atoms with van der Waals surface area (Å²) in [4.78, 5) is 0. The number of methoxy groups -OCH3 is 3. The topological polar surface area (TPSA) is 27.7 Å². The number of unbranched alkanes of at least 4 members (excludes halogenated alkanes) is 4. The van der Waals surface area contributed by atoms with Gasteiger partial charge in [0, 0.05) is 27.2 Å². The summed E-state index contributed by atoms with van der Waals surface area (Å²) in [7, 11) is 4.98. The Bertz CT molecular complexity index is 461. The molecule has 2 unspecified atom stereocenters. The number of ether oxygens (including phenoxy) is 3. The van der Waals surface area contributed by atoms with Gasteiger partial charge in [-0.3, -0.25) is 0 Å². The van der Waals surface area contributed by atoms with Gasteiger partial charge in [-0.15, -0.1) is 11.6 Å². The van der Waals surface area contributed by atoms with Crippen molar-refractivity contribution in [3.05, 3.63) is 35.4 Å². The molecule has 1 aromatic rings. The predicted octanol–water partition coefficient (Wildman–Crippen LogP) is 6.49. The molecule has 0 aliphatic rings. The van der Waals surface area contributed by atoms with E-state index in [2.05, 4.69) is 31.2 Å². The third kappa shape index (κ3) is 7.19. The fourth-order valence-corrected chi connectivity index (χ4v) is 3.68. The first-order chi connectivity index (χ1) is 12.5. The van der Waals surface area contributed by atoms with Gasteiger partial charge in [0.2, 0.25) is 0 Å². The van der Waals surface area contributed by atoms with Crippen LogP contribution >= 0.6 is 11.6 Å². The van der Waals surface area contributed by atoms with Crippen molar-refractivity contribution < 1.29 is 14.2 Å². The highest BCUT2D eigenvalue weighted by Gasteiger charge is 2.39. The molecule has 3 nitrogen and oxygen atoms in total. The first-order valence-corrected chi connectivity index (χ1v) is 10.3. The quantitative estimate of drug-likeness (QED) is 0.208. The number of hydrogen-bond acceptors (Lipinski definition) is 3. The maximum Gasteiger partial charge on any atom is 0.285 e. The molecule has 0 N–H and O–H groups in total. The fraction of sp³-hybridized carbons (Fsp3) is 0.727. The second-order valence-corrected chi connectivity index (χ2v) is 7.67. The number of benzene rings is 1. The van der Waals surface area contributed by atoms with Gasteiger partial charge >= 0.3 is 0 Å². The largest absolute Gasteiger partial charge is 0.331 e. The Morgan fingerprint density at radius 2 is 1.46 bits per heavy atom. The molecule has 0 aliphatic carbocycles. The van der Waals surface area contributed by atoms with Crippen molar-refractivity contribution in [3.63, 3.8) is 0 Å². The van der Waals surface area contributed by atoms with E-state index in [0.29, 0.717) is 0 Å². The van der Waals surface area contributed by atoms with Crippen LogP contribution in [0.4, 0.5) is 0 Å². The molecule has 150 valence electrons. The van der Waals surface area contributed by atoms with Gasteiger partial charge in [-0.05, 0) is 37.3 Å². The van der Waals surface area contributed by atoms with Crippen LogP contribution < -0.4 is 0 Å². The second kappa shape index (κ2) is 12.7. The van der Waals surface area contributed by atoms with Crippen molar-refractivity contribution in [1.29, 1.82) is 0 Å². The minimum atomic E-state index is -0.963. The zero-order chi connectivity index (χ0) is 19.4. The highest BCUT2D eigenvalue weighted by molar-refractivity contribution is 6.20. The van der Waals surface area contributed by atoms with Crippen LogP contribution in [0.5, 0.6) is 0 Å². The van der Waals surface area contributed by atoms with E-state index in [0.717, 1.165) is 24.8 Å². The first-order valence-electron chi connectivity index (χ1n) is 9.91. The Morgan fingerprint density at radius 1 is 0.885 bits per heavy atom. The van der Waals surface area contributed by atoms with Crippen LogP contribution in [0.15, 0.2) is 24.3 Å². The third-order valence-electron chi connectivity index (χ3n) is 5.23. The van der Waals surface area contributed by atoms with Crippen molar-refractivity contribution in [2.24, 2.45) is 5.92 Å². The lowest BCUT2D eigenvalue weighted by Crippen LogP contribution is -2.44. The Balaban J connectivity index is 2.70. The summed E-state index contributed by atoms with van der Waals surface area (Å²) >= 11 is 6.14. The zero-order valence-electron chi connectivity index (χ0n) is 17.2. The number of hydrogen-bond donors (Lipinski definition) is 0. The van der Waals surface area contributed by atoms with Gasteiger partial charge in [0.05, 0.1) is 5.38 Å². The lowest BCUT2D eigenvalue weighted by atomic mass is 9.91. The average Bonchev–Trinajstić information content (AvgIpc) is 2.67. The summed E-state index contributed by atoms with van der Waals surface area (Å²) in [5, 5.41) is 0.0445. The van der Waals surface area contributed by atoms with Gasteiger partial charge in [-0.25, -0.2) is 0 Å². The average molecular weight is 385 g/mol. The lowest BCUT2D eigenvalue weighted by molar-refractivity contribution is -0.380. The monoisotopic (exact) mass is 384 g/mol. The van der Waals surface area contributed by atoms with Crippen LogP contribution in [0.1, 0.15) is 75.3 Å². The molecule has 2 atom stereocenters. The Hall–Kier alpha value is -0.610. The van der Waals surface area contributed by atoms with Gasteiger partial charge < -0.3 is 14.2 Å². The Kier molecular flexibility index (Phi) is 11.5. The van der Waals surface area contributed by atoms with E-state index in [9.17, 15) is 0 Å². The number of halogens is 1. The smallest absolute Gasteiger partial charge is 0.285 e. The number of rotatable bonds is 14. The molecule has 0 bridgehead atoms. The molecule has 0 spiro atoms. The third-order valence-corrected chi connectivity index (χ3v) is 5.48. The lowest BCUT2D eigenvalue weighted by Gasteiger charge is -2.36. The van der Waals surface area contributed by atoms with Gasteiger partial charge in [-0.2, -0.15) is 0 Å². The van der Waals surface area contributed by atoms with E-state index < -0.39 is 5.97 Å². The van der Waals surface area contributed by atoms with Crippen molar-refractivity contribution in [2.45, 2.75) is 76.6 Å². The number of aryl methyl sites for hydroxylation is 1. The molecule has 4 heteroatoms. The summed E-state index contributed by atoms with van der Waals surface area (Å²) in [5.74, 6) is -0.772. The van der Waals surface area contributed by atoms with Crippen molar-refractivity contribution in [3.8, 4) is 0 Å². The van der Waals surface area contributed by atoms with Crippen molar-refractivity contribution >= 4 is 11.6 Å². The normalized spacial score (nSPS) is 14.4. The molecule has 0 radical (unpaired) electrons. The summed E-state index contributed by atoms with van der Waals surface area (Å²) in [5.41, 5.74) is 2.46. The van der Waals surface area contributed by atoms with Gasteiger partial charge in [0.25, 0.3) is 5.97 Å². The maximum atomic E-state index is 6.14. The van der Waals surface area contributed by atoms with Crippen LogP contribution in [0.25, 0.3) is 0 Å².